The second kappa shape index (κ2) is 8.84. The first-order valence-electron chi connectivity index (χ1n) is 7.14. The summed E-state index contributed by atoms with van der Waals surface area (Å²) in [4.78, 5) is 4.51. The molecule has 0 amide bonds. The molecule has 7 nitrogen and oxygen atoms in total. The molecule has 0 unspecified atom stereocenters. The predicted molar refractivity (Wildman–Crippen MR) is 96.6 cm³/mol. The standard InChI is InChI=1S/C16H14ClN3O.H2O3Se/c1-18-15-10-20(21)16(11-5-3-2-4-6-11)13-9-12(17)7-8-14(13)19-15;1-4(2)3/h2-9H,10H2,1H3,(H,18,19);(H2,1,2,3). The van der Waals surface area contributed by atoms with Gasteiger partial charge in [-0.15, -0.1) is 0 Å². The van der Waals surface area contributed by atoms with Crippen LogP contribution in [0.5, 0.6) is 0 Å². The zero-order chi connectivity index (χ0) is 18.4. The third-order valence-electron chi connectivity index (χ3n) is 3.35. The molecule has 25 heavy (non-hydrogen) atoms. The van der Waals surface area contributed by atoms with Crippen LogP contribution in [0.4, 0.5) is 5.69 Å². The monoisotopic (exact) mass is 429 g/mol. The Bertz CT molecular complexity index is 837. The molecule has 0 atom stereocenters. The zero-order valence-corrected chi connectivity index (χ0v) is 15.7. The maximum absolute atomic E-state index is 12.6. The summed E-state index contributed by atoms with van der Waals surface area (Å²) in [6.07, 6.45) is 0. The topological polar surface area (TPSA) is 108 Å². The first kappa shape index (κ1) is 19.2. The Labute approximate surface area is 154 Å². The Morgan fingerprint density at radius 3 is 2.48 bits per heavy atom. The van der Waals surface area contributed by atoms with Gasteiger partial charge in [0.25, 0.3) is 0 Å². The number of fused-ring (bicyclic) bond motifs is 1. The van der Waals surface area contributed by atoms with E-state index in [1.165, 1.54) is 0 Å². The zero-order valence-electron chi connectivity index (χ0n) is 13.2. The third kappa shape index (κ3) is 5.19. The van der Waals surface area contributed by atoms with E-state index < -0.39 is 14.5 Å². The van der Waals surface area contributed by atoms with Crippen LogP contribution in [-0.4, -0.2) is 52.7 Å². The van der Waals surface area contributed by atoms with Gasteiger partial charge >= 0.3 is 26.7 Å². The van der Waals surface area contributed by atoms with Crippen LogP contribution in [0.3, 0.4) is 0 Å². The molecule has 0 fully saturated rings. The molecule has 3 rings (SSSR count). The van der Waals surface area contributed by atoms with E-state index in [1.807, 2.05) is 36.4 Å². The number of hydrogen-bond donors (Lipinski definition) is 3. The van der Waals surface area contributed by atoms with E-state index in [2.05, 4.69) is 10.3 Å². The molecule has 132 valence electrons. The summed E-state index contributed by atoms with van der Waals surface area (Å²) in [6.45, 7) is 0.174. The van der Waals surface area contributed by atoms with Gasteiger partial charge in [-0.1, -0.05) is 29.8 Å². The SMILES string of the molecule is CNC1=Nc2ccc(Cl)cc2C(c2ccccc2)=[N+]([O-])C1.O=[Se](O)O. The number of likely N-dealkylation sites (N-methyl/N-ethyl adjacent to an activating group) is 1. The van der Waals surface area contributed by atoms with E-state index in [0.717, 1.165) is 21.6 Å². The average molecular weight is 429 g/mol. The van der Waals surface area contributed by atoms with E-state index in [0.29, 0.717) is 16.6 Å². The van der Waals surface area contributed by atoms with E-state index >= 15 is 0 Å². The van der Waals surface area contributed by atoms with Crippen LogP contribution in [0.15, 0.2) is 53.5 Å². The van der Waals surface area contributed by atoms with Crippen molar-refractivity contribution >= 4 is 43.3 Å². The van der Waals surface area contributed by atoms with Crippen LogP contribution in [-0.2, 0) is 3.83 Å². The molecule has 3 N–H and O–H groups in total. The van der Waals surface area contributed by atoms with Gasteiger partial charge in [-0.05, 0) is 30.3 Å². The molecule has 2 aromatic carbocycles. The second-order valence-electron chi connectivity index (χ2n) is 4.95. The molecule has 2 aromatic rings. The number of rotatable bonds is 1. The number of nitrogens with one attached hydrogen (secondary N) is 1. The summed E-state index contributed by atoms with van der Waals surface area (Å²) in [7, 11) is 1.76. The fraction of sp³-hybridized carbons (Fsp3) is 0.125. The van der Waals surface area contributed by atoms with Crippen molar-refractivity contribution in [2.75, 3.05) is 13.6 Å². The minimum absolute atomic E-state index is 0.174. The van der Waals surface area contributed by atoms with Gasteiger partial charge in [0.05, 0.1) is 11.3 Å². The molecule has 0 aromatic heterocycles. The molecular formula is C16H16ClN3O4Se. The molecule has 0 aliphatic carbocycles. The fourth-order valence-electron chi connectivity index (χ4n) is 2.36. The van der Waals surface area contributed by atoms with Gasteiger partial charge in [-0.25, -0.2) is 4.99 Å². The Balaban J connectivity index is 0.000000511. The summed E-state index contributed by atoms with van der Waals surface area (Å²) in [5, 5.41) is 16.1. The summed E-state index contributed by atoms with van der Waals surface area (Å²) >= 11 is 2.81. The van der Waals surface area contributed by atoms with Gasteiger partial charge in [0.1, 0.15) is 0 Å². The van der Waals surface area contributed by atoms with Gasteiger partial charge < -0.3 is 10.5 Å². The number of benzene rings is 2. The van der Waals surface area contributed by atoms with Crippen molar-refractivity contribution in [3.05, 3.63) is 69.9 Å². The van der Waals surface area contributed by atoms with E-state index in [1.54, 1.807) is 19.2 Å². The molecule has 0 saturated heterocycles. The number of amidine groups is 1. The van der Waals surface area contributed by atoms with E-state index in [-0.39, 0.29) is 6.54 Å². The third-order valence-corrected chi connectivity index (χ3v) is 3.58. The first-order valence-corrected chi connectivity index (χ1v) is 9.75. The molecule has 1 aliphatic rings. The van der Waals surface area contributed by atoms with Crippen molar-refractivity contribution in [2.45, 2.75) is 0 Å². The van der Waals surface area contributed by atoms with Crippen molar-refractivity contribution in [3.63, 3.8) is 0 Å². The van der Waals surface area contributed by atoms with Crippen LogP contribution in [0.1, 0.15) is 11.1 Å². The van der Waals surface area contributed by atoms with E-state index in [9.17, 15) is 5.21 Å². The molecule has 0 spiro atoms. The normalized spacial score (nSPS) is 13.4. The average Bonchev–Trinajstić information content (AvgIpc) is 2.70. The molecule has 1 aliphatic heterocycles. The molecule has 9 heteroatoms. The van der Waals surface area contributed by atoms with Crippen LogP contribution < -0.4 is 5.32 Å². The fourth-order valence-corrected chi connectivity index (χ4v) is 2.53. The molecular weight excluding hydrogens is 413 g/mol. The number of halogens is 1. The minimum atomic E-state index is -3.29. The molecule has 0 bridgehead atoms. The predicted octanol–water partition coefficient (Wildman–Crippen LogP) is 1.34. The van der Waals surface area contributed by atoms with Gasteiger partial charge in [0.15, 0.2) is 5.84 Å². The Morgan fingerprint density at radius 1 is 1.24 bits per heavy atom. The summed E-state index contributed by atoms with van der Waals surface area (Å²) in [5.74, 6) is 0.625. The number of aliphatic imine (C=N–C) groups is 1. The summed E-state index contributed by atoms with van der Waals surface area (Å²) in [5.41, 5.74) is 2.92. The molecule has 0 saturated carbocycles. The van der Waals surface area contributed by atoms with E-state index in [4.69, 9.17) is 23.8 Å². The van der Waals surface area contributed by atoms with Gasteiger partial charge in [-0.3, -0.25) is 0 Å². The second-order valence-corrected chi connectivity index (χ2v) is 6.36. The van der Waals surface area contributed by atoms with Crippen LogP contribution in [0.25, 0.3) is 0 Å². The van der Waals surface area contributed by atoms with Gasteiger partial charge in [0, 0.05) is 17.6 Å². The number of nitrogens with zero attached hydrogens (tertiary/aromatic N) is 2. The summed E-state index contributed by atoms with van der Waals surface area (Å²) < 4.78 is 24.1. The van der Waals surface area contributed by atoms with Crippen molar-refractivity contribution < 1.29 is 17.0 Å². The van der Waals surface area contributed by atoms with Crippen molar-refractivity contribution in [3.8, 4) is 0 Å². The maximum atomic E-state index is 12.6. The molecule has 0 radical (unpaired) electrons. The van der Waals surface area contributed by atoms with Crippen molar-refractivity contribution in [1.82, 2.24) is 5.32 Å². The van der Waals surface area contributed by atoms with Crippen LogP contribution in [0.2, 0.25) is 5.02 Å². The Hall–Kier alpha value is -2.09. The van der Waals surface area contributed by atoms with Crippen molar-refractivity contribution in [1.29, 1.82) is 0 Å². The summed E-state index contributed by atoms with van der Waals surface area (Å²) in [6, 6.07) is 15.0. The Morgan fingerprint density at radius 2 is 1.88 bits per heavy atom. The number of hydrogen-bond acceptors (Lipinski definition) is 4. The van der Waals surface area contributed by atoms with Crippen molar-refractivity contribution in [2.24, 2.45) is 4.99 Å². The molecule has 1 heterocycles. The van der Waals surface area contributed by atoms with Gasteiger partial charge in [-0.2, -0.15) is 4.74 Å². The quantitative estimate of drug-likeness (QED) is 0.361. The van der Waals surface area contributed by atoms with Crippen LogP contribution in [0, 0.1) is 5.21 Å². The Kier molecular flexibility index (Phi) is 6.81. The van der Waals surface area contributed by atoms with Crippen LogP contribution >= 0.6 is 11.6 Å². The van der Waals surface area contributed by atoms with Gasteiger partial charge in [0.2, 0.25) is 12.3 Å². The first-order chi connectivity index (χ1) is 11.9. The number of hydroxylamine groups is 1.